The summed E-state index contributed by atoms with van der Waals surface area (Å²) in [5.41, 5.74) is 2.57. The maximum Gasteiger partial charge on any atom is 0.192 e. The number of nitrogens with one attached hydrogen (secondary N) is 1. The second kappa shape index (κ2) is 5.56. The molecule has 4 nitrogen and oxygen atoms in total. The summed E-state index contributed by atoms with van der Waals surface area (Å²) in [5, 5.41) is 7.10. The normalized spacial score (nSPS) is 10.9. The molecule has 0 radical (unpaired) electrons. The Balaban J connectivity index is 2.53. The molecular weight excluding hydrogens is 262 g/mol. The molecule has 2 aromatic rings. The average molecular weight is 280 g/mol. The Kier molecular flexibility index (Phi) is 4.01. The highest BCUT2D eigenvalue weighted by Gasteiger charge is 2.17. The van der Waals surface area contributed by atoms with E-state index in [9.17, 15) is 8.78 Å². The van der Waals surface area contributed by atoms with Gasteiger partial charge in [-0.05, 0) is 32.8 Å². The largest absolute Gasteiger partial charge is 0.368 e. The Morgan fingerprint density at radius 1 is 1.20 bits per heavy atom. The second-order valence-corrected chi connectivity index (χ2v) is 4.76. The van der Waals surface area contributed by atoms with Crippen LogP contribution < -0.4 is 5.32 Å². The number of pyridine rings is 1. The number of aryl methyl sites for hydroxylation is 1. The van der Waals surface area contributed by atoms with Crippen molar-refractivity contribution in [2.24, 2.45) is 0 Å². The van der Waals surface area contributed by atoms with E-state index in [4.69, 9.17) is 0 Å². The van der Waals surface area contributed by atoms with Crippen LogP contribution in [0.4, 0.5) is 14.6 Å². The lowest BCUT2D eigenvalue weighted by Gasteiger charge is -2.10. The lowest BCUT2D eigenvalue weighted by Crippen LogP contribution is -2.11. The summed E-state index contributed by atoms with van der Waals surface area (Å²) >= 11 is 0. The third kappa shape index (κ3) is 2.50. The minimum Gasteiger partial charge on any atom is -0.368 e. The fraction of sp³-hybridized carbons (Fsp3) is 0.429. The third-order valence-electron chi connectivity index (χ3n) is 3.31. The van der Waals surface area contributed by atoms with Crippen LogP contribution in [-0.4, -0.2) is 21.3 Å². The molecule has 0 aliphatic carbocycles. The highest BCUT2D eigenvalue weighted by molar-refractivity contribution is 5.43. The monoisotopic (exact) mass is 280 g/mol. The fourth-order valence-corrected chi connectivity index (χ4v) is 1.90. The Morgan fingerprint density at radius 2 is 1.90 bits per heavy atom. The van der Waals surface area contributed by atoms with Crippen LogP contribution in [0.15, 0.2) is 6.07 Å². The molecule has 0 amide bonds. The van der Waals surface area contributed by atoms with Gasteiger partial charge in [-0.15, -0.1) is 0 Å². The molecule has 0 aromatic carbocycles. The minimum atomic E-state index is -0.727. The molecule has 0 fully saturated rings. The van der Waals surface area contributed by atoms with Crippen LogP contribution in [0.25, 0.3) is 5.82 Å². The van der Waals surface area contributed by atoms with Crippen LogP contribution in [0.1, 0.15) is 30.3 Å². The number of aromatic nitrogens is 3. The maximum absolute atomic E-state index is 14.0. The molecule has 0 aliphatic heterocycles. The van der Waals surface area contributed by atoms with Crippen molar-refractivity contribution in [2.45, 2.75) is 34.1 Å². The van der Waals surface area contributed by atoms with E-state index < -0.39 is 11.6 Å². The molecule has 0 bridgehead atoms. The van der Waals surface area contributed by atoms with Gasteiger partial charge in [0.2, 0.25) is 0 Å². The van der Waals surface area contributed by atoms with E-state index >= 15 is 0 Å². The minimum absolute atomic E-state index is 0.0127. The summed E-state index contributed by atoms with van der Waals surface area (Å²) in [6.45, 7) is 8.12. The zero-order valence-electron chi connectivity index (χ0n) is 12.1. The molecule has 0 unspecified atom stereocenters. The molecule has 0 aliphatic rings. The van der Waals surface area contributed by atoms with E-state index in [2.05, 4.69) is 15.4 Å². The molecule has 6 heteroatoms. The fourth-order valence-electron chi connectivity index (χ4n) is 1.90. The maximum atomic E-state index is 14.0. The van der Waals surface area contributed by atoms with E-state index in [0.29, 0.717) is 6.54 Å². The Labute approximate surface area is 116 Å². The van der Waals surface area contributed by atoms with E-state index in [1.54, 1.807) is 0 Å². The summed E-state index contributed by atoms with van der Waals surface area (Å²) in [6.07, 6.45) is 0.826. The highest BCUT2D eigenvalue weighted by Crippen LogP contribution is 2.21. The number of nitrogens with zero attached hydrogens (tertiary/aromatic N) is 3. The molecule has 0 saturated carbocycles. The quantitative estimate of drug-likeness (QED) is 0.934. The van der Waals surface area contributed by atoms with E-state index in [1.165, 1.54) is 4.68 Å². The molecule has 2 aromatic heterocycles. The predicted molar refractivity (Wildman–Crippen MR) is 74.3 cm³/mol. The van der Waals surface area contributed by atoms with Gasteiger partial charge in [0.1, 0.15) is 0 Å². The lowest BCUT2D eigenvalue weighted by atomic mass is 10.2. The van der Waals surface area contributed by atoms with E-state index in [-0.39, 0.29) is 11.6 Å². The number of halogens is 2. The van der Waals surface area contributed by atoms with Gasteiger partial charge in [-0.1, -0.05) is 6.92 Å². The van der Waals surface area contributed by atoms with Gasteiger partial charge < -0.3 is 5.32 Å². The third-order valence-corrected chi connectivity index (χ3v) is 3.31. The van der Waals surface area contributed by atoms with E-state index in [0.717, 1.165) is 29.4 Å². The van der Waals surface area contributed by atoms with E-state index in [1.807, 2.05) is 27.7 Å². The summed E-state index contributed by atoms with van der Waals surface area (Å²) in [7, 11) is 0. The summed E-state index contributed by atoms with van der Waals surface area (Å²) < 4.78 is 29.0. The van der Waals surface area contributed by atoms with Crippen molar-refractivity contribution in [2.75, 3.05) is 11.9 Å². The van der Waals surface area contributed by atoms with Gasteiger partial charge in [0, 0.05) is 18.3 Å². The van der Waals surface area contributed by atoms with Crippen molar-refractivity contribution in [3.63, 3.8) is 0 Å². The van der Waals surface area contributed by atoms with Gasteiger partial charge in [-0.2, -0.15) is 5.10 Å². The molecule has 2 rings (SSSR count). The van der Waals surface area contributed by atoms with Crippen LogP contribution in [0.5, 0.6) is 0 Å². The van der Waals surface area contributed by atoms with Crippen LogP contribution in [0, 0.1) is 32.4 Å². The van der Waals surface area contributed by atoms with Crippen LogP contribution in [0.3, 0.4) is 0 Å². The SMILES string of the molecule is CCCNc1nc(-n2nc(C)c(C)c2C)c(F)cc1F. The van der Waals surface area contributed by atoms with Gasteiger partial charge in [0.15, 0.2) is 23.3 Å². The zero-order chi connectivity index (χ0) is 14.9. The van der Waals surface area contributed by atoms with Crippen molar-refractivity contribution >= 4 is 5.82 Å². The first-order valence-corrected chi connectivity index (χ1v) is 6.58. The number of rotatable bonds is 4. The van der Waals surface area contributed by atoms with Gasteiger partial charge in [-0.25, -0.2) is 18.4 Å². The average Bonchev–Trinajstić information content (AvgIpc) is 2.66. The summed E-state index contributed by atoms with van der Waals surface area (Å²) in [6, 6.07) is 0.839. The zero-order valence-corrected chi connectivity index (χ0v) is 12.1. The molecule has 0 atom stereocenters. The van der Waals surface area contributed by atoms with Gasteiger partial charge in [0.05, 0.1) is 5.69 Å². The van der Waals surface area contributed by atoms with Crippen LogP contribution >= 0.6 is 0 Å². The first-order chi connectivity index (χ1) is 9.45. The standard InChI is InChI=1S/C14H18F2N4/c1-5-6-17-13-11(15)7-12(16)14(18-13)20-10(4)8(2)9(3)19-20/h7H,5-6H2,1-4H3,(H,17,18). The number of hydrogen-bond acceptors (Lipinski definition) is 3. The summed E-state index contributed by atoms with van der Waals surface area (Å²) in [4.78, 5) is 4.03. The first kappa shape index (κ1) is 14.4. The van der Waals surface area contributed by atoms with Crippen molar-refractivity contribution in [3.05, 3.63) is 34.7 Å². The van der Waals surface area contributed by atoms with Crippen molar-refractivity contribution in [1.29, 1.82) is 0 Å². The van der Waals surface area contributed by atoms with Crippen molar-refractivity contribution in [3.8, 4) is 5.82 Å². The Morgan fingerprint density at radius 3 is 2.45 bits per heavy atom. The molecule has 2 heterocycles. The number of anilines is 1. The Bertz CT molecular complexity index is 635. The molecule has 20 heavy (non-hydrogen) atoms. The van der Waals surface area contributed by atoms with Gasteiger partial charge in [0.25, 0.3) is 0 Å². The van der Waals surface area contributed by atoms with Crippen molar-refractivity contribution < 1.29 is 8.78 Å². The molecule has 0 spiro atoms. The van der Waals surface area contributed by atoms with Crippen LogP contribution in [-0.2, 0) is 0 Å². The van der Waals surface area contributed by atoms with Gasteiger partial charge in [-0.3, -0.25) is 0 Å². The predicted octanol–water partition coefficient (Wildman–Crippen LogP) is 3.29. The van der Waals surface area contributed by atoms with Gasteiger partial charge >= 0.3 is 0 Å². The molecule has 108 valence electrons. The lowest BCUT2D eigenvalue weighted by molar-refractivity contribution is 0.560. The highest BCUT2D eigenvalue weighted by atomic mass is 19.1. The molecule has 0 saturated heterocycles. The summed E-state index contributed by atoms with van der Waals surface area (Å²) in [5.74, 6) is -1.36. The smallest absolute Gasteiger partial charge is 0.192 e. The Hall–Kier alpha value is -1.98. The molecule has 1 N–H and O–H groups in total. The number of hydrogen-bond donors (Lipinski definition) is 1. The topological polar surface area (TPSA) is 42.7 Å². The first-order valence-electron chi connectivity index (χ1n) is 6.58. The second-order valence-electron chi connectivity index (χ2n) is 4.76. The van der Waals surface area contributed by atoms with Crippen molar-refractivity contribution in [1.82, 2.24) is 14.8 Å². The van der Waals surface area contributed by atoms with Crippen LogP contribution in [0.2, 0.25) is 0 Å². The molecular formula is C14H18F2N4.